The van der Waals surface area contributed by atoms with Crippen molar-refractivity contribution in [1.29, 1.82) is 0 Å². The molecular weight excluding hydrogens is 476 g/mol. The molecule has 2 fully saturated rings. The van der Waals surface area contributed by atoms with E-state index >= 15 is 0 Å². The first-order valence-electron chi connectivity index (χ1n) is 13.5. The second kappa shape index (κ2) is 12.2. The summed E-state index contributed by atoms with van der Waals surface area (Å²) >= 11 is 0. The summed E-state index contributed by atoms with van der Waals surface area (Å²) in [6, 6.07) is 23.7. The Morgan fingerprint density at radius 1 is 0.921 bits per heavy atom. The van der Waals surface area contributed by atoms with Crippen LogP contribution in [0.2, 0.25) is 0 Å². The van der Waals surface area contributed by atoms with E-state index in [1.807, 2.05) is 49.4 Å². The largest absolute Gasteiger partial charge is 0.376 e. The van der Waals surface area contributed by atoms with Gasteiger partial charge in [0.15, 0.2) is 0 Å². The number of piperazine rings is 1. The minimum atomic E-state index is -0.177. The second-order valence-electron chi connectivity index (χ2n) is 10.1. The number of benzene rings is 3. The number of carbonyl (C=O) groups is 2. The molecule has 2 N–H and O–H groups in total. The van der Waals surface area contributed by atoms with Crippen molar-refractivity contribution in [3.63, 3.8) is 0 Å². The maximum atomic E-state index is 13.3. The van der Waals surface area contributed by atoms with Crippen LogP contribution in [-0.4, -0.2) is 62.1 Å². The zero-order valence-electron chi connectivity index (χ0n) is 22.0. The molecule has 198 valence electrons. The summed E-state index contributed by atoms with van der Waals surface area (Å²) in [5.41, 5.74) is 4.95. The summed E-state index contributed by atoms with van der Waals surface area (Å²) in [4.78, 5) is 31.0. The van der Waals surface area contributed by atoms with Crippen LogP contribution in [0.4, 0.5) is 11.4 Å². The van der Waals surface area contributed by atoms with Crippen LogP contribution in [0.15, 0.2) is 72.8 Å². The van der Waals surface area contributed by atoms with Gasteiger partial charge >= 0.3 is 0 Å². The predicted molar refractivity (Wildman–Crippen MR) is 151 cm³/mol. The Morgan fingerprint density at radius 3 is 2.42 bits per heavy atom. The summed E-state index contributed by atoms with van der Waals surface area (Å²) in [5, 5.41) is 6.10. The first kappa shape index (κ1) is 25.9. The molecule has 1 atom stereocenters. The molecule has 2 aliphatic rings. The van der Waals surface area contributed by atoms with E-state index in [0.29, 0.717) is 23.4 Å². The first-order valence-corrected chi connectivity index (χ1v) is 13.5. The van der Waals surface area contributed by atoms with Crippen molar-refractivity contribution in [3.05, 3.63) is 95.1 Å². The fourth-order valence-corrected chi connectivity index (χ4v) is 5.17. The smallest absolute Gasteiger partial charge is 0.255 e. The molecule has 0 saturated carbocycles. The lowest BCUT2D eigenvalue weighted by atomic mass is 10.1. The molecular formula is C31H36N4O3. The Balaban J connectivity index is 1.32. The quantitative estimate of drug-likeness (QED) is 0.466. The van der Waals surface area contributed by atoms with Gasteiger partial charge in [-0.25, -0.2) is 0 Å². The van der Waals surface area contributed by atoms with Crippen LogP contribution < -0.4 is 15.5 Å². The fourth-order valence-electron chi connectivity index (χ4n) is 5.17. The molecule has 3 aromatic carbocycles. The predicted octanol–water partition coefficient (Wildman–Crippen LogP) is 4.48. The van der Waals surface area contributed by atoms with Gasteiger partial charge in [-0.2, -0.15) is 0 Å². The second-order valence-corrected chi connectivity index (χ2v) is 10.1. The van der Waals surface area contributed by atoms with E-state index in [1.165, 1.54) is 5.56 Å². The minimum absolute atomic E-state index is 0.0747. The maximum absolute atomic E-state index is 13.3. The summed E-state index contributed by atoms with van der Waals surface area (Å²) in [6.07, 6.45) is 2.07. The van der Waals surface area contributed by atoms with Crippen LogP contribution in [0.1, 0.15) is 44.7 Å². The van der Waals surface area contributed by atoms with Gasteiger partial charge in [-0.1, -0.05) is 48.5 Å². The summed E-state index contributed by atoms with van der Waals surface area (Å²) < 4.78 is 5.64. The van der Waals surface area contributed by atoms with Crippen LogP contribution >= 0.6 is 0 Å². The minimum Gasteiger partial charge on any atom is -0.376 e. The molecule has 0 aromatic heterocycles. The molecule has 2 heterocycles. The highest BCUT2D eigenvalue weighted by molar-refractivity contribution is 6.08. The third kappa shape index (κ3) is 6.41. The zero-order chi connectivity index (χ0) is 26.3. The summed E-state index contributed by atoms with van der Waals surface area (Å²) in [6.45, 7) is 7.62. The van der Waals surface area contributed by atoms with Gasteiger partial charge in [-0.15, -0.1) is 0 Å². The number of carbonyl (C=O) groups excluding carboxylic acids is 2. The highest BCUT2D eigenvalue weighted by Crippen LogP contribution is 2.29. The van der Waals surface area contributed by atoms with E-state index < -0.39 is 0 Å². The average Bonchev–Trinajstić information content (AvgIpc) is 3.47. The van der Waals surface area contributed by atoms with Crippen LogP contribution in [0.25, 0.3) is 0 Å². The third-order valence-corrected chi connectivity index (χ3v) is 7.37. The first-order chi connectivity index (χ1) is 18.6. The number of hydrogen-bond acceptors (Lipinski definition) is 5. The Morgan fingerprint density at radius 2 is 1.68 bits per heavy atom. The van der Waals surface area contributed by atoms with Crippen LogP contribution in [0.3, 0.4) is 0 Å². The Labute approximate surface area is 224 Å². The van der Waals surface area contributed by atoms with Crippen molar-refractivity contribution in [2.75, 3.05) is 49.5 Å². The molecule has 0 bridgehead atoms. The van der Waals surface area contributed by atoms with Crippen molar-refractivity contribution in [2.24, 2.45) is 0 Å². The van der Waals surface area contributed by atoms with Gasteiger partial charge < -0.3 is 20.3 Å². The van der Waals surface area contributed by atoms with Crippen LogP contribution in [0.5, 0.6) is 0 Å². The molecule has 2 amide bonds. The van der Waals surface area contributed by atoms with Crippen LogP contribution in [0, 0.1) is 6.92 Å². The maximum Gasteiger partial charge on any atom is 0.255 e. The number of nitrogens with one attached hydrogen (secondary N) is 2. The van der Waals surface area contributed by atoms with E-state index in [4.69, 9.17) is 4.74 Å². The molecule has 1 unspecified atom stereocenters. The standard InChI is InChI=1S/C31H36N4O3/c1-23-8-5-6-12-27(23)31(37)33-28-20-25(30(36)32-21-26-11-7-19-38-26)13-14-29(28)35-17-15-34(16-18-35)22-24-9-3-2-4-10-24/h2-6,8-10,12-14,20,26H,7,11,15-19,21-22H2,1H3,(H,32,36)(H,33,37). The molecule has 2 aliphatic heterocycles. The summed E-state index contributed by atoms with van der Waals surface area (Å²) in [5.74, 6) is -0.338. The molecule has 2 saturated heterocycles. The topological polar surface area (TPSA) is 73.9 Å². The lowest BCUT2D eigenvalue weighted by molar-refractivity contribution is 0.0857. The third-order valence-electron chi connectivity index (χ3n) is 7.37. The average molecular weight is 513 g/mol. The lowest BCUT2D eigenvalue weighted by Gasteiger charge is -2.37. The van der Waals surface area contributed by atoms with Gasteiger partial charge in [0.05, 0.1) is 17.5 Å². The van der Waals surface area contributed by atoms with Gasteiger partial charge in [-0.3, -0.25) is 14.5 Å². The Hall–Kier alpha value is -3.68. The number of nitrogens with zero attached hydrogens (tertiary/aromatic N) is 2. The van der Waals surface area contributed by atoms with Crippen molar-refractivity contribution in [1.82, 2.24) is 10.2 Å². The highest BCUT2D eigenvalue weighted by atomic mass is 16.5. The molecule has 5 rings (SSSR count). The highest BCUT2D eigenvalue weighted by Gasteiger charge is 2.23. The Kier molecular flexibility index (Phi) is 8.36. The van der Waals surface area contributed by atoms with Gasteiger partial charge in [0.2, 0.25) is 0 Å². The van der Waals surface area contributed by atoms with Gasteiger partial charge in [0, 0.05) is 57.0 Å². The molecule has 38 heavy (non-hydrogen) atoms. The fraction of sp³-hybridized carbons (Fsp3) is 0.355. The molecule has 7 nitrogen and oxygen atoms in total. The summed E-state index contributed by atoms with van der Waals surface area (Å²) in [7, 11) is 0. The van der Waals surface area contributed by atoms with E-state index in [0.717, 1.165) is 63.4 Å². The number of rotatable bonds is 8. The SMILES string of the molecule is Cc1ccccc1C(=O)Nc1cc(C(=O)NCC2CCCO2)ccc1N1CCN(Cc2ccccc2)CC1. The molecule has 7 heteroatoms. The van der Waals surface area contributed by atoms with Crippen molar-refractivity contribution >= 4 is 23.2 Å². The number of amides is 2. The van der Waals surface area contributed by atoms with Crippen molar-refractivity contribution in [3.8, 4) is 0 Å². The van der Waals surface area contributed by atoms with Crippen molar-refractivity contribution in [2.45, 2.75) is 32.4 Å². The molecule has 0 aliphatic carbocycles. The van der Waals surface area contributed by atoms with Gasteiger partial charge in [-0.05, 0) is 55.2 Å². The number of anilines is 2. The number of hydrogen-bond donors (Lipinski definition) is 2. The van der Waals surface area contributed by atoms with E-state index in [-0.39, 0.29) is 17.9 Å². The van der Waals surface area contributed by atoms with Crippen LogP contribution in [-0.2, 0) is 11.3 Å². The van der Waals surface area contributed by atoms with E-state index in [1.54, 1.807) is 6.07 Å². The van der Waals surface area contributed by atoms with E-state index in [9.17, 15) is 9.59 Å². The zero-order valence-corrected chi connectivity index (χ0v) is 22.0. The number of ether oxygens (including phenoxy) is 1. The molecule has 0 spiro atoms. The van der Waals surface area contributed by atoms with Gasteiger partial charge in [0.1, 0.15) is 0 Å². The lowest BCUT2D eigenvalue weighted by Crippen LogP contribution is -2.46. The molecule has 3 aromatic rings. The molecule has 0 radical (unpaired) electrons. The normalized spacial score (nSPS) is 17.8. The van der Waals surface area contributed by atoms with Gasteiger partial charge in [0.25, 0.3) is 11.8 Å². The van der Waals surface area contributed by atoms with E-state index in [2.05, 4.69) is 44.7 Å². The number of aryl methyl sites for hydroxylation is 1. The Bertz CT molecular complexity index is 1250. The monoisotopic (exact) mass is 512 g/mol. The van der Waals surface area contributed by atoms with Crippen molar-refractivity contribution < 1.29 is 14.3 Å².